The maximum atomic E-state index is 3.63. The first-order valence-electron chi connectivity index (χ1n) is 2.61. The fraction of sp³-hybridized carbons (Fsp3) is 0. The monoisotopic (exact) mass is 140 g/mol. The molecule has 0 amide bonds. The van der Waals surface area contributed by atoms with Crippen LogP contribution in [0.4, 0.5) is 0 Å². The van der Waals surface area contributed by atoms with Crippen molar-refractivity contribution in [2.24, 2.45) is 0 Å². The van der Waals surface area contributed by atoms with Gasteiger partial charge in [0.2, 0.25) is 0 Å². The molecule has 0 fully saturated rings. The van der Waals surface area contributed by atoms with Gasteiger partial charge in [-0.3, -0.25) is 0 Å². The zero-order valence-corrected chi connectivity index (χ0v) is 5.90. The van der Waals surface area contributed by atoms with Crippen molar-refractivity contribution in [2.75, 3.05) is 0 Å². The van der Waals surface area contributed by atoms with Crippen LogP contribution in [-0.2, 0) is 0 Å². The second-order valence-electron chi connectivity index (χ2n) is 1.61. The number of hydrogen-bond acceptors (Lipinski definition) is 0. The second-order valence-corrected chi connectivity index (χ2v) is 1.61. The van der Waals surface area contributed by atoms with Crippen LogP contribution >= 0.6 is 12.4 Å². The van der Waals surface area contributed by atoms with Crippen LogP contribution in [0.1, 0.15) is 5.56 Å². The van der Waals surface area contributed by atoms with Crippen LogP contribution in [0.15, 0.2) is 36.9 Å². The first-order valence-corrected chi connectivity index (χ1v) is 2.61. The first kappa shape index (κ1) is 8.25. The molecule has 1 aromatic rings. The molecule has 0 bridgehead atoms. The first-order chi connectivity index (χ1) is 3.93. The van der Waals surface area contributed by atoms with Crippen LogP contribution in [0, 0.1) is 0 Å². The highest BCUT2D eigenvalue weighted by molar-refractivity contribution is 5.85. The van der Waals surface area contributed by atoms with Gasteiger partial charge in [0.05, 0.1) is 0 Å². The smallest absolute Gasteiger partial charge is 0.0263 e. The van der Waals surface area contributed by atoms with Crippen LogP contribution in [0.25, 0.3) is 6.08 Å². The Balaban J connectivity index is 0.000000640. The summed E-state index contributed by atoms with van der Waals surface area (Å²) in [6.45, 7) is 3.63. The van der Waals surface area contributed by atoms with E-state index in [4.69, 9.17) is 0 Å². The van der Waals surface area contributed by atoms with Crippen molar-refractivity contribution in [2.45, 2.75) is 0 Å². The molecule has 9 heavy (non-hydrogen) atoms. The van der Waals surface area contributed by atoms with E-state index in [1.807, 2.05) is 36.4 Å². The van der Waals surface area contributed by atoms with E-state index in [-0.39, 0.29) is 12.4 Å². The van der Waals surface area contributed by atoms with Crippen molar-refractivity contribution >= 4 is 18.5 Å². The molecule has 0 aliphatic heterocycles. The quantitative estimate of drug-likeness (QED) is 0.563. The molecule has 1 heteroatoms. The van der Waals surface area contributed by atoms with Gasteiger partial charge in [0.15, 0.2) is 0 Å². The average molecular weight is 141 g/mol. The molecule has 48 valence electrons. The van der Waals surface area contributed by atoms with Crippen LogP contribution in [0.3, 0.4) is 0 Å². The molecule has 0 saturated heterocycles. The van der Waals surface area contributed by atoms with E-state index in [1.54, 1.807) is 0 Å². The molecule has 0 aliphatic carbocycles. The van der Waals surface area contributed by atoms with Crippen molar-refractivity contribution < 1.29 is 0 Å². The summed E-state index contributed by atoms with van der Waals surface area (Å²) in [6, 6.07) is 10.0. The predicted molar refractivity (Wildman–Crippen MR) is 43.8 cm³/mol. The lowest BCUT2D eigenvalue weighted by Crippen LogP contribution is -1.63. The SMILES string of the molecule is C=Cc1ccccc1.Cl. The Morgan fingerprint density at radius 1 is 1.11 bits per heavy atom. The average Bonchev–Trinajstić information content (AvgIpc) is 1.90. The second kappa shape index (κ2) is 4.16. The molecule has 1 rings (SSSR count). The minimum absolute atomic E-state index is 0. The lowest BCUT2D eigenvalue weighted by molar-refractivity contribution is 1.67. The number of benzene rings is 1. The van der Waals surface area contributed by atoms with Gasteiger partial charge >= 0.3 is 0 Å². The largest absolute Gasteiger partial charge is 0.147 e. The molecule has 0 atom stereocenters. The number of hydrogen-bond donors (Lipinski definition) is 0. The Bertz CT molecular complexity index is 167. The van der Waals surface area contributed by atoms with Crippen LogP contribution in [0.2, 0.25) is 0 Å². The predicted octanol–water partition coefficient (Wildman–Crippen LogP) is 2.75. The number of halogens is 1. The summed E-state index contributed by atoms with van der Waals surface area (Å²) >= 11 is 0. The van der Waals surface area contributed by atoms with Crippen LogP contribution in [-0.4, -0.2) is 0 Å². The van der Waals surface area contributed by atoms with Gasteiger partial charge in [-0.2, -0.15) is 0 Å². The zero-order chi connectivity index (χ0) is 5.82. The summed E-state index contributed by atoms with van der Waals surface area (Å²) in [5.41, 5.74) is 1.17. The van der Waals surface area contributed by atoms with Crippen molar-refractivity contribution in [3.63, 3.8) is 0 Å². The van der Waals surface area contributed by atoms with E-state index < -0.39 is 0 Å². The summed E-state index contributed by atoms with van der Waals surface area (Å²) in [7, 11) is 0. The third-order valence-corrected chi connectivity index (χ3v) is 1.04. The van der Waals surface area contributed by atoms with Gasteiger partial charge in [-0.15, -0.1) is 12.4 Å². The summed E-state index contributed by atoms with van der Waals surface area (Å²) in [4.78, 5) is 0. The number of rotatable bonds is 1. The Morgan fingerprint density at radius 2 is 1.67 bits per heavy atom. The third kappa shape index (κ3) is 2.34. The Hall–Kier alpha value is -0.750. The van der Waals surface area contributed by atoms with Gasteiger partial charge in [0, 0.05) is 0 Å². The molecule has 0 spiro atoms. The summed E-state index contributed by atoms with van der Waals surface area (Å²) < 4.78 is 0. The molecule has 0 nitrogen and oxygen atoms in total. The summed E-state index contributed by atoms with van der Waals surface area (Å²) in [6.07, 6.45) is 1.83. The minimum atomic E-state index is 0. The molecule has 0 N–H and O–H groups in total. The van der Waals surface area contributed by atoms with E-state index in [1.165, 1.54) is 5.56 Å². The van der Waals surface area contributed by atoms with E-state index in [2.05, 4.69) is 6.58 Å². The highest BCUT2D eigenvalue weighted by atomic mass is 35.5. The molecule has 0 aliphatic rings. The Kier molecular flexibility index (Phi) is 3.81. The molecule has 0 unspecified atom stereocenters. The lowest BCUT2D eigenvalue weighted by Gasteiger charge is -1.85. The van der Waals surface area contributed by atoms with Gasteiger partial charge in [-0.1, -0.05) is 43.0 Å². The van der Waals surface area contributed by atoms with E-state index in [9.17, 15) is 0 Å². The van der Waals surface area contributed by atoms with Crippen molar-refractivity contribution in [1.29, 1.82) is 0 Å². The molecular weight excluding hydrogens is 132 g/mol. The van der Waals surface area contributed by atoms with Crippen molar-refractivity contribution in [3.05, 3.63) is 42.5 Å². The van der Waals surface area contributed by atoms with Crippen LogP contribution < -0.4 is 0 Å². The van der Waals surface area contributed by atoms with Gasteiger partial charge in [0.1, 0.15) is 0 Å². The standard InChI is InChI=1S/C8H8.ClH/c1-2-8-6-4-3-5-7-8;/h2-7H,1H2;1H. The maximum absolute atomic E-state index is 3.63. The van der Waals surface area contributed by atoms with E-state index in [0.29, 0.717) is 0 Å². The molecular formula is C8H9Cl. The topological polar surface area (TPSA) is 0 Å². The van der Waals surface area contributed by atoms with Gasteiger partial charge < -0.3 is 0 Å². The minimum Gasteiger partial charge on any atom is -0.147 e. The summed E-state index contributed by atoms with van der Waals surface area (Å²) in [5.74, 6) is 0. The fourth-order valence-electron chi connectivity index (χ4n) is 0.589. The maximum Gasteiger partial charge on any atom is -0.0263 e. The molecule has 0 heterocycles. The zero-order valence-electron chi connectivity index (χ0n) is 5.08. The molecule has 0 radical (unpaired) electrons. The van der Waals surface area contributed by atoms with Gasteiger partial charge in [0.25, 0.3) is 0 Å². The lowest BCUT2D eigenvalue weighted by atomic mass is 10.2. The molecule has 0 aromatic heterocycles. The van der Waals surface area contributed by atoms with Crippen molar-refractivity contribution in [3.8, 4) is 0 Å². The Labute approximate surface area is 61.6 Å². The highest BCUT2D eigenvalue weighted by Crippen LogP contribution is 1.97. The van der Waals surface area contributed by atoms with E-state index in [0.717, 1.165) is 0 Å². The molecule has 0 saturated carbocycles. The van der Waals surface area contributed by atoms with Gasteiger partial charge in [-0.05, 0) is 5.56 Å². The third-order valence-electron chi connectivity index (χ3n) is 1.04. The fourth-order valence-corrected chi connectivity index (χ4v) is 0.589. The van der Waals surface area contributed by atoms with Gasteiger partial charge in [-0.25, -0.2) is 0 Å². The van der Waals surface area contributed by atoms with E-state index >= 15 is 0 Å². The normalized spacial score (nSPS) is 7.56. The molecule has 1 aromatic carbocycles. The van der Waals surface area contributed by atoms with Crippen molar-refractivity contribution in [1.82, 2.24) is 0 Å². The summed E-state index contributed by atoms with van der Waals surface area (Å²) in [5, 5.41) is 0. The highest BCUT2D eigenvalue weighted by Gasteiger charge is 1.75. The van der Waals surface area contributed by atoms with Crippen LogP contribution in [0.5, 0.6) is 0 Å². The Morgan fingerprint density at radius 3 is 2.00 bits per heavy atom.